The van der Waals surface area contributed by atoms with Gasteiger partial charge in [-0.25, -0.2) is 0 Å². The van der Waals surface area contributed by atoms with Crippen LogP contribution in [0.1, 0.15) is 12.0 Å². The first kappa shape index (κ1) is 20.6. The number of halogens is 1. The zero-order valence-corrected chi connectivity index (χ0v) is 18.2. The Balaban J connectivity index is 1.65. The van der Waals surface area contributed by atoms with Gasteiger partial charge in [0.1, 0.15) is 10.1 Å². The molecule has 0 aliphatic carbocycles. The molecule has 2 aromatic carbocycles. The normalized spacial score (nSPS) is 15.2. The summed E-state index contributed by atoms with van der Waals surface area (Å²) >= 11 is 9.95. The van der Waals surface area contributed by atoms with Gasteiger partial charge in [0, 0.05) is 23.0 Å². The summed E-state index contributed by atoms with van der Waals surface area (Å²) in [5, 5.41) is 2.82. The van der Waals surface area contributed by atoms with E-state index in [2.05, 4.69) is 21.2 Å². The predicted molar refractivity (Wildman–Crippen MR) is 120 cm³/mol. The van der Waals surface area contributed by atoms with Gasteiger partial charge in [-0.15, -0.1) is 0 Å². The minimum absolute atomic E-state index is 0.149. The van der Waals surface area contributed by atoms with E-state index in [1.165, 1.54) is 16.7 Å². The highest BCUT2D eigenvalue weighted by Crippen LogP contribution is 2.34. The number of methoxy groups -OCH3 is 1. The Hall–Kier alpha value is -2.16. The molecule has 0 saturated carbocycles. The van der Waals surface area contributed by atoms with Crippen molar-refractivity contribution in [2.75, 3.05) is 19.0 Å². The Kier molecular flexibility index (Phi) is 6.88. The van der Waals surface area contributed by atoms with Gasteiger partial charge in [-0.3, -0.25) is 14.5 Å². The van der Waals surface area contributed by atoms with Crippen molar-refractivity contribution in [3.63, 3.8) is 0 Å². The summed E-state index contributed by atoms with van der Waals surface area (Å²) in [7, 11) is 1.58. The van der Waals surface area contributed by atoms with E-state index >= 15 is 0 Å². The van der Waals surface area contributed by atoms with Crippen LogP contribution < -0.4 is 10.1 Å². The number of nitrogens with one attached hydrogen (secondary N) is 1. The first-order chi connectivity index (χ1) is 13.5. The van der Waals surface area contributed by atoms with Crippen molar-refractivity contribution in [3.05, 3.63) is 63.5 Å². The molecule has 1 aliphatic rings. The lowest BCUT2D eigenvalue weighted by atomic mass is 10.2. The fourth-order valence-corrected chi connectivity index (χ4v) is 4.29. The molecule has 0 spiro atoms. The summed E-state index contributed by atoms with van der Waals surface area (Å²) in [5.74, 6) is 0.296. The van der Waals surface area contributed by atoms with Gasteiger partial charge in [0.25, 0.3) is 5.91 Å². The summed E-state index contributed by atoms with van der Waals surface area (Å²) in [5.41, 5.74) is 1.49. The smallest absolute Gasteiger partial charge is 0.266 e. The van der Waals surface area contributed by atoms with Crippen LogP contribution in [0.3, 0.4) is 0 Å². The van der Waals surface area contributed by atoms with Crippen LogP contribution in [-0.2, 0) is 9.59 Å². The molecule has 0 aromatic heterocycles. The van der Waals surface area contributed by atoms with E-state index in [4.69, 9.17) is 17.0 Å². The van der Waals surface area contributed by atoms with Gasteiger partial charge in [0.2, 0.25) is 5.91 Å². The highest BCUT2D eigenvalue weighted by atomic mass is 79.9. The number of nitrogens with zero attached hydrogens (tertiary/aromatic N) is 1. The van der Waals surface area contributed by atoms with E-state index in [1.54, 1.807) is 19.3 Å². The number of benzene rings is 2. The molecule has 1 saturated heterocycles. The summed E-state index contributed by atoms with van der Waals surface area (Å²) in [6.45, 7) is 0.226. The quantitative estimate of drug-likeness (QED) is 0.484. The van der Waals surface area contributed by atoms with Crippen LogP contribution in [0.2, 0.25) is 0 Å². The van der Waals surface area contributed by atoms with Gasteiger partial charge in [-0.1, -0.05) is 54.3 Å². The molecule has 144 valence electrons. The molecule has 1 fully saturated rings. The van der Waals surface area contributed by atoms with Gasteiger partial charge in [-0.05, 0) is 40.2 Å². The van der Waals surface area contributed by atoms with E-state index in [-0.39, 0.29) is 24.8 Å². The molecule has 8 heteroatoms. The Morgan fingerprint density at radius 3 is 2.71 bits per heavy atom. The van der Waals surface area contributed by atoms with Crippen LogP contribution in [0, 0.1) is 0 Å². The zero-order valence-electron chi connectivity index (χ0n) is 15.0. The number of anilines is 1. The second kappa shape index (κ2) is 9.36. The summed E-state index contributed by atoms with van der Waals surface area (Å²) in [4.78, 5) is 26.9. The number of carbonyl (C=O) groups excluding carboxylic acids is 2. The maximum atomic E-state index is 12.7. The van der Waals surface area contributed by atoms with E-state index in [1.807, 2.05) is 42.5 Å². The predicted octanol–water partition coefficient (Wildman–Crippen LogP) is 4.69. The largest absolute Gasteiger partial charge is 0.496 e. The maximum Gasteiger partial charge on any atom is 0.266 e. The number of thioether (sulfide) groups is 1. The first-order valence-corrected chi connectivity index (χ1v) is 10.4. The van der Waals surface area contributed by atoms with Crippen molar-refractivity contribution in [2.24, 2.45) is 0 Å². The lowest BCUT2D eigenvalue weighted by Gasteiger charge is -2.14. The Morgan fingerprint density at radius 1 is 1.25 bits per heavy atom. The number of para-hydroxylation sites is 2. The number of rotatable bonds is 6. The molecular weight excluding hydrogens is 460 g/mol. The molecular formula is C20H17BrN2O3S2. The summed E-state index contributed by atoms with van der Waals surface area (Å²) in [6.07, 6.45) is 1.91. The average Bonchev–Trinajstić information content (AvgIpc) is 2.95. The molecule has 1 heterocycles. The number of ether oxygens (including phenoxy) is 1. The van der Waals surface area contributed by atoms with Crippen molar-refractivity contribution >= 4 is 67.8 Å². The molecule has 1 aliphatic heterocycles. The Morgan fingerprint density at radius 2 is 1.96 bits per heavy atom. The monoisotopic (exact) mass is 476 g/mol. The molecule has 28 heavy (non-hydrogen) atoms. The third-order valence-electron chi connectivity index (χ3n) is 4.01. The summed E-state index contributed by atoms with van der Waals surface area (Å²) < 4.78 is 6.57. The molecule has 0 radical (unpaired) electrons. The Labute approximate surface area is 181 Å². The number of carbonyl (C=O) groups is 2. The van der Waals surface area contributed by atoms with Crippen LogP contribution in [-0.4, -0.2) is 34.7 Å². The maximum absolute atomic E-state index is 12.7. The van der Waals surface area contributed by atoms with Crippen molar-refractivity contribution in [1.82, 2.24) is 4.90 Å². The molecule has 2 aromatic rings. The third kappa shape index (κ3) is 4.81. The molecule has 0 unspecified atom stereocenters. The topological polar surface area (TPSA) is 58.6 Å². The highest BCUT2D eigenvalue weighted by molar-refractivity contribution is 9.10. The van der Waals surface area contributed by atoms with Gasteiger partial charge in [0.05, 0.1) is 17.7 Å². The number of hydrogen-bond acceptors (Lipinski definition) is 5. The molecule has 3 rings (SSSR count). The van der Waals surface area contributed by atoms with E-state index in [0.717, 1.165) is 10.0 Å². The van der Waals surface area contributed by atoms with Crippen LogP contribution in [0.15, 0.2) is 57.9 Å². The van der Waals surface area contributed by atoms with Gasteiger partial charge >= 0.3 is 0 Å². The average molecular weight is 477 g/mol. The number of amides is 2. The Bertz CT molecular complexity index is 962. The van der Waals surface area contributed by atoms with Crippen LogP contribution >= 0.6 is 39.9 Å². The van der Waals surface area contributed by atoms with Crippen molar-refractivity contribution in [2.45, 2.75) is 6.42 Å². The van der Waals surface area contributed by atoms with Crippen molar-refractivity contribution in [1.29, 1.82) is 0 Å². The zero-order chi connectivity index (χ0) is 20.1. The van der Waals surface area contributed by atoms with Crippen LogP contribution in [0.4, 0.5) is 5.69 Å². The molecule has 1 N–H and O–H groups in total. The van der Waals surface area contributed by atoms with E-state index in [0.29, 0.717) is 20.7 Å². The molecule has 0 bridgehead atoms. The summed E-state index contributed by atoms with van der Waals surface area (Å²) in [6, 6.07) is 14.8. The second-order valence-corrected chi connectivity index (χ2v) is 8.38. The fraction of sp³-hybridized carbons (Fsp3) is 0.150. The molecule has 0 atom stereocenters. The van der Waals surface area contributed by atoms with Gasteiger partial charge < -0.3 is 10.1 Å². The van der Waals surface area contributed by atoms with Gasteiger partial charge in [0.15, 0.2) is 0 Å². The lowest BCUT2D eigenvalue weighted by Crippen LogP contribution is -2.31. The van der Waals surface area contributed by atoms with Gasteiger partial charge in [-0.2, -0.15) is 0 Å². The third-order valence-corrected chi connectivity index (χ3v) is 6.08. The van der Waals surface area contributed by atoms with E-state index < -0.39 is 0 Å². The van der Waals surface area contributed by atoms with Crippen molar-refractivity contribution < 1.29 is 14.3 Å². The highest BCUT2D eigenvalue weighted by Gasteiger charge is 2.32. The van der Waals surface area contributed by atoms with Crippen LogP contribution in [0.25, 0.3) is 6.08 Å². The van der Waals surface area contributed by atoms with E-state index in [9.17, 15) is 9.59 Å². The van der Waals surface area contributed by atoms with Crippen molar-refractivity contribution in [3.8, 4) is 5.75 Å². The van der Waals surface area contributed by atoms with Crippen LogP contribution in [0.5, 0.6) is 5.75 Å². The molecule has 5 nitrogen and oxygen atoms in total. The fourth-order valence-electron chi connectivity index (χ4n) is 2.61. The number of thiocarbonyl (C=S) groups is 1. The molecule has 2 amide bonds. The standard InChI is InChI=1S/C20H17BrN2O3S2/c1-26-16-9-5-2-6-13(16)12-17-19(25)23(20(27)28-17)11-10-18(24)22-15-8-4-3-7-14(15)21/h2-9,12H,10-11H2,1H3,(H,22,24)/b17-12-. The second-order valence-electron chi connectivity index (χ2n) is 5.85. The number of hydrogen-bond donors (Lipinski definition) is 1. The minimum atomic E-state index is -0.199. The lowest BCUT2D eigenvalue weighted by molar-refractivity contribution is -0.122. The SMILES string of the molecule is COc1ccccc1/C=C1\SC(=S)N(CCC(=O)Nc2ccccc2Br)C1=O. The minimum Gasteiger partial charge on any atom is -0.496 e. The first-order valence-electron chi connectivity index (χ1n) is 8.42.